The van der Waals surface area contributed by atoms with Gasteiger partial charge >= 0.3 is 0 Å². The molecule has 0 amide bonds. The SMILES string of the molecule is [2H]C([2H])C([2H])([2H])n1c(N)cc2c(O)cccc21. The van der Waals surface area contributed by atoms with Crippen molar-refractivity contribution in [2.75, 3.05) is 5.73 Å². The van der Waals surface area contributed by atoms with Crippen molar-refractivity contribution >= 4 is 16.7 Å². The fourth-order valence-electron chi connectivity index (χ4n) is 1.38. The molecule has 0 spiro atoms. The van der Waals surface area contributed by atoms with Crippen LogP contribution in [0.25, 0.3) is 10.9 Å². The molecule has 0 atom stereocenters. The smallest absolute Gasteiger partial charge is 0.125 e. The predicted molar refractivity (Wildman–Crippen MR) is 53.7 cm³/mol. The number of aromatic hydroxyl groups is 1. The van der Waals surface area contributed by atoms with Crippen molar-refractivity contribution in [3.8, 4) is 5.75 Å². The zero-order valence-electron chi connectivity index (χ0n) is 10.9. The lowest BCUT2D eigenvalue weighted by Crippen LogP contribution is -1.98. The zero-order valence-corrected chi connectivity index (χ0v) is 6.86. The summed E-state index contributed by atoms with van der Waals surface area (Å²) in [4.78, 5) is 0. The minimum Gasteiger partial charge on any atom is -0.507 e. The van der Waals surface area contributed by atoms with Gasteiger partial charge < -0.3 is 15.4 Å². The maximum absolute atomic E-state index is 9.63. The molecule has 3 nitrogen and oxygen atoms in total. The highest BCUT2D eigenvalue weighted by molar-refractivity contribution is 5.89. The summed E-state index contributed by atoms with van der Waals surface area (Å²) in [6.45, 7) is -3.97. The maximum atomic E-state index is 9.63. The highest BCUT2D eigenvalue weighted by Gasteiger charge is 2.06. The normalized spacial score (nSPS) is 16.7. The second-order valence-corrected chi connectivity index (χ2v) is 2.74. The number of nitrogens with zero attached hydrogens (tertiary/aromatic N) is 1. The van der Waals surface area contributed by atoms with E-state index in [4.69, 9.17) is 11.2 Å². The third kappa shape index (κ3) is 1.04. The maximum Gasteiger partial charge on any atom is 0.125 e. The molecule has 0 fully saturated rings. The Hall–Kier alpha value is -1.64. The Morgan fingerprint density at radius 3 is 3.31 bits per heavy atom. The van der Waals surface area contributed by atoms with Gasteiger partial charge in [0.2, 0.25) is 0 Å². The van der Waals surface area contributed by atoms with Crippen molar-refractivity contribution in [2.24, 2.45) is 0 Å². The van der Waals surface area contributed by atoms with Crippen LogP contribution in [0.15, 0.2) is 24.3 Å². The van der Waals surface area contributed by atoms with Gasteiger partial charge in [-0.25, -0.2) is 0 Å². The first-order chi connectivity index (χ1) is 7.85. The number of hydrogen-bond acceptors (Lipinski definition) is 2. The molecule has 13 heavy (non-hydrogen) atoms. The Morgan fingerprint density at radius 2 is 2.54 bits per heavy atom. The van der Waals surface area contributed by atoms with Crippen molar-refractivity contribution in [3.63, 3.8) is 0 Å². The van der Waals surface area contributed by atoms with Crippen molar-refractivity contribution < 1.29 is 10.6 Å². The van der Waals surface area contributed by atoms with Gasteiger partial charge in [-0.1, -0.05) is 6.07 Å². The van der Waals surface area contributed by atoms with Crippen LogP contribution in [0.1, 0.15) is 12.4 Å². The molecule has 0 saturated heterocycles. The molecule has 0 bridgehead atoms. The molecule has 0 aliphatic carbocycles. The van der Waals surface area contributed by atoms with E-state index >= 15 is 0 Å². The van der Waals surface area contributed by atoms with E-state index in [-0.39, 0.29) is 11.6 Å². The van der Waals surface area contributed by atoms with Gasteiger partial charge in [0.25, 0.3) is 0 Å². The topological polar surface area (TPSA) is 51.2 Å². The molecule has 1 aromatic carbocycles. The molecular weight excluding hydrogens is 164 g/mol. The van der Waals surface area contributed by atoms with Gasteiger partial charge in [-0.15, -0.1) is 0 Å². The van der Waals surface area contributed by atoms with Crippen LogP contribution in [0, 0.1) is 0 Å². The van der Waals surface area contributed by atoms with Gasteiger partial charge in [-0.2, -0.15) is 0 Å². The van der Waals surface area contributed by atoms with Gasteiger partial charge in [-0.05, 0) is 25.1 Å². The number of hydrogen-bond donors (Lipinski definition) is 2. The molecule has 0 saturated carbocycles. The highest BCUT2D eigenvalue weighted by Crippen LogP contribution is 2.28. The minimum atomic E-state index is -2.25. The van der Waals surface area contributed by atoms with E-state index in [0.29, 0.717) is 10.9 Å². The molecule has 1 aromatic heterocycles. The summed E-state index contributed by atoms with van der Waals surface area (Å²) in [5.41, 5.74) is 6.06. The Bertz CT molecular complexity index is 565. The quantitative estimate of drug-likeness (QED) is 0.704. The van der Waals surface area contributed by atoms with E-state index in [2.05, 4.69) is 0 Å². The lowest BCUT2D eigenvalue weighted by Gasteiger charge is -2.02. The first-order valence-corrected chi connectivity index (χ1v) is 3.79. The fourth-order valence-corrected chi connectivity index (χ4v) is 1.38. The van der Waals surface area contributed by atoms with Gasteiger partial charge in [-0.3, -0.25) is 0 Å². The third-order valence-electron chi connectivity index (χ3n) is 1.98. The summed E-state index contributed by atoms with van der Waals surface area (Å²) >= 11 is 0. The lowest BCUT2D eigenvalue weighted by atomic mass is 10.2. The monoisotopic (exact) mass is 180 g/mol. The number of rotatable bonds is 1. The van der Waals surface area contributed by atoms with E-state index in [1.807, 2.05) is 0 Å². The standard InChI is InChI=1S/C10H12N2O/c1-2-12-8-4-3-5-9(13)7(8)6-10(12)11/h3-6,13H,2,11H2,1H3/i1D2,2D2. The lowest BCUT2D eigenvalue weighted by molar-refractivity contribution is 0.481. The predicted octanol–water partition coefficient (Wildman–Crippen LogP) is 1.95. The van der Waals surface area contributed by atoms with Crippen molar-refractivity contribution in [3.05, 3.63) is 24.3 Å². The van der Waals surface area contributed by atoms with Gasteiger partial charge in [0.15, 0.2) is 0 Å². The summed E-state index contributed by atoms with van der Waals surface area (Å²) in [6.07, 6.45) is 0. The summed E-state index contributed by atoms with van der Waals surface area (Å²) < 4.78 is 31.0. The summed E-state index contributed by atoms with van der Waals surface area (Å²) in [5.74, 6) is 0.0752. The molecule has 68 valence electrons. The first kappa shape index (κ1) is 4.56. The number of aryl methyl sites for hydroxylation is 1. The number of phenolic OH excluding ortho intramolecular Hbond substituents is 1. The number of anilines is 1. The molecule has 2 aromatic rings. The fraction of sp³-hybridized carbons (Fsp3) is 0.200. The number of nitrogen functional groups attached to an aromatic ring is 1. The van der Waals surface area contributed by atoms with Gasteiger partial charge in [0, 0.05) is 17.4 Å². The summed E-state index contributed by atoms with van der Waals surface area (Å²) in [5, 5.41) is 10.0. The summed E-state index contributed by atoms with van der Waals surface area (Å²) in [7, 11) is 0. The molecular formula is C10H12N2O. The zero-order chi connectivity index (χ0) is 12.8. The van der Waals surface area contributed by atoms with Crippen LogP contribution in [0.4, 0.5) is 5.82 Å². The number of nitrogens with two attached hydrogens (primary N) is 1. The largest absolute Gasteiger partial charge is 0.507 e. The minimum absolute atomic E-state index is 0.00439. The molecule has 0 unspecified atom stereocenters. The van der Waals surface area contributed by atoms with Gasteiger partial charge in [0.1, 0.15) is 11.6 Å². The van der Waals surface area contributed by atoms with E-state index in [1.165, 1.54) is 12.1 Å². The molecule has 0 aliphatic rings. The van der Waals surface area contributed by atoms with E-state index < -0.39 is 13.4 Å². The Morgan fingerprint density at radius 1 is 1.69 bits per heavy atom. The van der Waals surface area contributed by atoms with Crippen LogP contribution >= 0.6 is 0 Å². The Balaban J connectivity index is 2.78. The third-order valence-corrected chi connectivity index (χ3v) is 1.98. The second-order valence-electron chi connectivity index (χ2n) is 2.74. The van der Waals surface area contributed by atoms with E-state index in [1.54, 1.807) is 12.1 Å². The van der Waals surface area contributed by atoms with Crippen molar-refractivity contribution in [1.82, 2.24) is 4.57 Å². The average molecular weight is 180 g/mol. The molecule has 3 heteroatoms. The first-order valence-electron chi connectivity index (χ1n) is 5.95. The van der Waals surface area contributed by atoms with Crippen LogP contribution in [0.2, 0.25) is 0 Å². The van der Waals surface area contributed by atoms with Gasteiger partial charge in [0.05, 0.1) is 5.52 Å². The number of fused-ring (bicyclic) bond motifs is 1. The molecule has 3 N–H and O–H groups in total. The molecule has 0 radical (unpaired) electrons. The number of aromatic nitrogens is 1. The van der Waals surface area contributed by atoms with Crippen LogP contribution in [-0.2, 0) is 6.50 Å². The highest BCUT2D eigenvalue weighted by atomic mass is 16.3. The average Bonchev–Trinajstić information content (AvgIpc) is 2.56. The molecule has 1 heterocycles. The van der Waals surface area contributed by atoms with E-state index in [9.17, 15) is 5.11 Å². The van der Waals surface area contributed by atoms with E-state index in [0.717, 1.165) is 4.57 Å². The Kier molecular flexibility index (Phi) is 0.944. The summed E-state index contributed by atoms with van der Waals surface area (Å²) in [6, 6.07) is 6.06. The second kappa shape index (κ2) is 2.69. The number of phenols is 1. The van der Waals surface area contributed by atoms with Crippen LogP contribution in [-0.4, -0.2) is 9.67 Å². The van der Waals surface area contributed by atoms with Crippen molar-refractivity contribution in [1.29, 1.82) is 0 Å². The molecule has 2 rings (SSSR count). The van der Waals surface area contributed by atoms with Crippen LogP contribution in [0.3, 0.4) is 0 Å². The Labute approximate surface area is 82.0 Å². The van der Waals surface area contributed by atoms with Crippen molar-refractivity contribution in [2.45, 2.75) is 13.4 Å². The van der Waals surface area contributed by atoms with Crippen LogP contribution < -0.4 is 5.73 Å². The number of benzene rings is 1. The van der Waals surface area contributed by atoms with Crippen LogP contribution in [0.5, 0.6) is 5.75 Å². The molecule has 0 aliphatic heterocycles.